The Bertz CT molecular complexity index is 356. The van der Waals surface area contributed by atoms with E-state index in [1.54, 1.807) is 12.1 Å². The number of rotatable bonds is 3. The number of hydrogen-bond donors (Lipinski definition) is 1. The Labute approximate surface area is 110 Å². The molecular weight excluding hydrogens is 225 g/mol. The molecule has 18 heavy (non-hydrogen) atoms. The Morgan fingerprint density at radius 3 is 2.44 bits per heavy atom. The van der Waals surface area contributed by atoms with Gasteiger partial charge in [0.15, 0.2) is 0 Å². The Morgan fingerprint density at radius 2 is 1.78 bits per heavy atom. The highest BCUT2D eigenvalue weighted by molar-refractivity contribution is 5.17. The molecule has 0 aromatic heterocycles. The van der Waals surface area contributed by atoms with Crippen LogP contribution in [-0.2, 0) is 6.42 Å². The highest BCUT2D eigenvalue weighted by atomic mass is 19.1. The minimum atomic E-state index is -0.155. The molecule has 1 aliphatic carbocycles. The first-order valence-electron chi connectivity index (χ1n) is 7.26. The molecule has 1 aliphatic rings. The molecule has 2 heteroatoms. The van der Waals surface area contributed by atoms with Gasteiger partial charge in [-0.2, -0.15) is 0 Å². The third-order valence-electron chi connectivity index (χ3n) is 4.12. The van der Waals surface area contributed by atoms with Crippen molar-refractivity contribution in [3.8, 4) is 0 Å². The smallest absolute Gasteiger partial charge is 0.123 e. The molecule has 0 saturated heterocycles. The van der Waals surface area contributed by atoms with Crippen LogP contribution in [0.3, 0.4) is 0 Å². The van der Waals surface area contributed by atoms with Crippen molar-refractivity contribution in [2.75, 3.05) is 0 Å². The normalized spacial score (nSPS) is 20.1. The van der Waals surface area contributed by atoms with Crippen molar-refractivity contribution in [3.05, 3.63) is 35.6 Å². The van der Waals surface area contributed by atoms with Gasteiger partial charge in [0, 0.05) is 6.04 Å². The predicted octanol–water partition coefficient (Wildman–Crippen LogP) is 4.06. The molecule has 0 heterocycles. The SMILES string of the molecule is NC(Cc1cccc(F)c1)C1CCCCCCC1. The summed E-state index contributed by atoms with van der Waals surface area (Å²) >= 11 is 0. The molecule has 1 atom stereocenters. The molecule has 1 saturated carbocycles. The minimum absolute atomic E-state index is 0.155. The number of benzene rings is 1. The van der Waals surface area contributed by atoms with E-state index in [9.17, 15) is 4.39 Å². The van der Waals surface area contributed by atoms with Crippen molar-refractivity contribution in [2.45, 2.75) is 57.4 Å². The van der Waals surface area contributed by atoms with Gasteiger partial charge < -0.3 is 5.73 Å². The van der Waals surface area contributed by atoms with Crippen LogP contribution in [0.5, 0.6) is 0 Å². The molecule has 0 amide bonds. The van der Waals surface area contributed by atoms with Crippen LogP contribution in [0.25, 0.3) is 0 Å². The third kappa shape index (κ3) is 4.09. The lowest BCUT2D eigenvalue weighted by Crippen LogP contribution is -2.32. The lowest BCUT2D eigenvalue weighted by molar-refractivity contribution is 0.322. The highest BCUT2D eigenvalue weighted by Crippen LogP contribution is 2.25. The Hall–Kier alpha value is -0.890. The second-order valence-electron chi connectivity index (χ2n) is 5.60. The van der Waals surface area contributed by atoms with Gasteiger partial charge in [0.2, 0.25) is 0 Å². The second-order valence-corrected chi connectivity index (χ2v) is 5.60. The maximum Gasteiger partial charge on any atom is 0.123 e. The van der Waals surface area contributed by atoms with Crippen molar-refractivity contribution in [2.24, 2.45) is 11.7 Å². The average molecular weight is 249 g/mol. The monoisotopic (exact) mass is 249 g/mol. The number of nitrogens with two attached hydrogens (primary N) is 1. The second kappa shape index (κ2) is 6.89. The Morgan fingerprint density at radius 1 is 1.11 bits per heavy atom. The van der Waals surface area contributed by atoms with Gasteiger partial charge in [-0.1, -0.05) is 44.2 Å². The maximum atomic E-state index is 13.1. The molecule has 1 unspecified atom stereocenters. The average Bonchev–Trinajstić information content (AvgIpc) is 2.28. The maximum absolute atomic E-state index is 13.1. The molecule has 0 radical (unpaired) electrons. The van der Waals surface area contributed by atoms with Crippen LogP contribution in [0.1, 0.15) is 50.5 Å². The van der Waals surface area contributed by atoms with Gasteiger partial charge in [-0.25, -0.2) is 4.39 Å². The van der Waals surface area contributed by atoms with Crippen LogP contribution in [0.15, 0.2) is 24.3 Å². The van der Waals surface area contributed by atoms with Gasteiger partial charge in [0.1, 0.15) is 5.82 Å². The Balaban J connectivity index is 1.91. The molecule has 2 rings (SSSR count). The van der Waals surface area contributed by atoms with Crippen LogP contribution in [0, 0.1) is 11.7 Å². The molecule has 1 aromatic rings. The zero-order chi connectivity index (χ0) is 12.8. The van der Waals surface area contributed by atoms with Crippen molar-refractivity contribution in [3.63, 3.8) is 0 Å². The van der Waals surface area contributed by atoms with E-state index in [1.807, 2.05) is 6.07 Å². The molecule has 100 valence electrons. The molecular formula is C16H24FN. The summed E-state index contributed by atoms with van der Waals surface area (Å²) in [5, 5.41) is 0. The van der Waals surface area contributed by atoms with Crippen molar-refractivity contribution >= 4 is 0 Å². The highest BCUT2D eigenvalue weighted by Gasteiger charge is 2.19. The van der Waals surface area contributed by atoms with Gasteiger partial charge in [0.25, 0.3) is 0 Å². The van der Waals surface area contributed by atoms with Gasteiger partial charge >= 0.3 is 0 Å². The van der Waals surface area contributed by atoms with Gasteiger partial charge in [-0.3, -0.25) is 0 Å². The summed E-state index contributed by atoms with van der Waals surface area (Å²) in [5.41, 5.74) is 7.36. The van der Waals surface area contributed by atoms with E-state index in [0.717, 1.165) is 12.0 Å². The van der Waals surface area contributed by atoms with E-state index in [2.05, 4.69) is 0 Å². The standard InChI is InChI=1S/C16H24FN/c17-15-10-6-7-13(11-15)12-16(18)14-8-4-2-1-3-5-9-14/h6-7,10-11,14,16H,1-5,8-9,12,18H2. The number of halogens is 1. The van der Waals surface area contributed by atoms with Gasteiger partial charge in [-0.15, -0.1) is 0 Å². The minimum Gasteiger partial charge on any atom is -0.327 e. The first-order chi connectivity index (χ1) is 8.75. The van der Waals surface area contributed by atoms with Crippen molar-refractivity contribution in [1.29, 1.82) is 0 Å². The van der Waals surface area contributed by atoms with Gasteiger partial charge in [0.05, 0.1) is 0 Å². The lowest BCUT2D eigenvalue weighted by Gasteiger charge is -2.25. The van der Waals surface area contributed by atoms with Crippen LogP contribution in [0.2, 0.25) is 0 Å². The molecule has 0 aliphatic heterocycles. The van der Waals surface area contributed by atoms with E-state index < -0.39 is 0 Å². The van der Waals surface area contributed by atoms with Crippen molar-refractivity contribution < 1.29 is 4.39 Å². The fourth-order valence-corrected chi connectivity index (χ4v) is 3.02. The lowest BCUT2D eigenvalue weighted by atomic mass is 9.84. The van der Waals surface area contributed by atoms with Crippen molar-refractivity contribution in [1.82, 2.24) is 0 Å². The molecule has 0 spiro atoms. The topological polar surface area (TPSA) is 26.0 Å². The van der Waals surface area contributed by atoms with E-state index in [-0.39, 0.29) is 11.9 Å². The third-order valence-corrected chi connectivity index (χ3v) is 4.12. The Kier molecular flexibility index (Phi) is 5.18. The summed E-state index contributed by atoms with van der Waals surface area (Å²) in [7, 11) is 0. The van der Waals surface area contributed by atoms with Crippen LogP contribution in [0.4, 0.5) is 4.39 Å². The largest absolute Gasteiger partial charge is 0.327 e. The van der Waals surface area contributed by atoms with E-state index >= 15 is 0 Å². The first kappa shape index (κ1) is 13.5. The molecule has 1 fully saturated rings. The first-order valence-corrected chi connectivity index (χ1v) is 7.26. The molecule has 0 bridgehead atoms. The predicted molar refractivity (Wildman–Crippen MR) is 73.9 cm³/mol. The molecule has 2 N–H and O–H groups in total. The fraction of sp³-hybridized carbons (Fsp3) is 0.625. The molecule has 1 aromatic carbocycles. The summed E-state index contributed by atoms with van der Waals surface area (Å²) in [6, 6.07) is 7.04. The summed E-state index contributed by atoms with van der Waals surface area (Å²) in [5.74, 6) is 0.464. The summed E-state index contributed by atoms with van der Waals surface area (Å²) in [4.78, 5) is 0. The zero-order valence-electron chi connectivity index (χ0n) is 11.1. The van der Waals surface area contributed by atoms with E-state index in [0.29, 0.717) is 5.92 Å². The summed E-state index contributed by atoms with van der Waals surface area (Å²) in [6.45, 7) is 0. The summed E-state index contributed by atoms with van der Waals surface area (Å²) in [6.07, 6.45) is 10.00. The fourth-order valence-electron chi connectivity index (χ4n) is 3.02. The quantitative estimate of drug-likeness (QED) is 0.859. The van der Waals surface area contributed by atoms with Gasteiger partial charge in [-0.05, 0) is 42.9 Å². The zero-order valence-corrected chi connectivity index (χ0v) is 11.1. The van der Waals surface area contributed by atoms with Crippen LogP contribution < -0.4 is 5.73 Å². The summed E-state index contributed by atoms with van der Waals surface area (Å²) < 4.78 is 13.1. The molecule has 1 nitrogen and oxygen atoms in total. The van der Waals surface area contributed by atoms with Crippen LogP contribution >= 0.6 is 0 Å². The number of hydrogen-bond acceptors (Lipinski definition) is 1. The van der Waals surface area contributed by atoms with Crippen LogP contribution in [-0.4, -0.2) is 6.04 Å². The van der Waals surface area contributed by atoms with E-state index in [4.69, 9.17) is 5.73 Å². The van der Waals surface area contributed by atoms with E-state index in [1.165, 1.54) is 51.0 Å².